The van der Waals surface area contributed by atoms with Gasteiger partial charge in [-0.15, -0.1) is 0 Å². The van der Waals surface area contributed by atoms with Crippen molar-refractivity contribution < 1.29 is 13.2 Å². The SMILES string of the molecule is CCN(CC)S(=O)(=O)N1CCN([C@H](C)C(=O)c2c(N)n(C)c(=O)n(C)c2=O)CC1. The number of nitrogens with zero attached hydrogens (tertiary/aromatic N) is 5. The molecule has 1 atom stereocenters. The molecule has 2 heterocycles. The lowest BCUT2D eigenvalue weighted by Gasteiger charge is -2.38. The van der Waals surface area contributed by atoms with Crippen LogP contribution in [0.25, 0.3) is 0 Å². The lowest BCUT2D eigenvalue weighted by molar-refractivity contribution is 0.0776. The molecule has 2 rings (SSSR count). The molecule has 1 saturated heterocycles. The smallest absolute Gasteiger partial charge is 0.332 e. The number of rotatable bonds is 7. The van der Waals surface area contributed by atoms with Gasteiger partial charge in [0.2, 0.25) is 0 Å². The molecule has 1 aliphatic rings. The highest BCUT2D eigenvalue weighted by molar-refractivity contribution is 7.86. The van der Waals surface area contributed by atoms with Crippen molar-refractivity contribution in [1.29, 1.82) is 0 Å². The van der Waals surface area contributed by atoms with Crippen LogP contribution in [0.1, 0.15) is 31.1 Å². The minimum atomic E-state index is -3.53. The van der Waals surface area contributed by atoms with Crippen molar-refractivity contribution in [1.82, 2.24) is 22.6 Å². The summed E-state index contributed by atoms with van der Waals surface area (Å²) < 4.78 is 30.0. The van der Waals surface area contributed by atoms with Crippen LogP contribution in [-0.2, 0) is 24.3 Å². The zero-order valence-electron chi connectivity index (χ0n) is 17.6. The van der Waals surface area contributed by atoms with Gasteiger partial charge in [0.25, 0.3) is 15.8 Å². The Morgan fingerprint density at radius 1 is 1.07 bits per heavy atom. The number of ketones is 1. The Morgan fingerprint density at radius 2 is 1.59 bits per heavy atom. The number of piperazine rings is 1. The number of nitrogens with two attached hydrogens (primary N) is 1. The molecule has 0 amide bonds. The van der Waals surface area contributed by atoms with E-state index in [9.17, 15) is 22.8 Å². The van der Waals surface area contributed by atoms with Crippen LogP contribution in [0.5, 0.6) is 0 Å². The molecule has 0 radical (unpaired) electrons. The van der Waals surface area contributed by atoms with Gasteiger partial charge in [0, 0.05) is 53.4 Å². The molecule has 1 aromatic rings. The maximum atomic E-state index is 13.0. The van der Waals surface area contributed by atoms with E-state index >= 15 is 0 Å². The second-order valence-electron chi connectivity index (χ2n) is 7.03. The number of aromatic nitrogens is 2. The van der Waals surface area contributed by atoms with Gasteiger partial charge in [0.05, 0.1) is 6.04 Å². The van der Waals surface area contributed by atoms with Crippen LogP contribution in [0.3, 0.4) is 0 Å². The van der Waals surface area contributed by atoms with Crippen LogP contribution >= 0.6 is 0 Å². The normalized spacial score (nSPS) is 17.6. The van der Waals surface area contributed by atoms with Crippen molar-refractivity contribution in [3.05, 3.63) is 26.4 Å². The van der Waals surface area contributed by atoms with Crippen LogP contribution in [0.15, 0.2) is 9.59 Å². The number of carbonyl (C=O) groups excluding carboxylic acids is 1. The molecular weight excluding hydrogens is 400 g/mol. The monoisotopic (exact) mass is 430 g/mol. The highest BCUT2D eigenvalue weighted by Gasteiger charge is 2.35. The predicted octanol–water partition coefficient (Wildman–Crippen LogP) is -1.56. The van der Waals surface area contributed by atoms with Crippen LogP contribution in [0.4, 0.5) is 5.82 Å². The van der Waals surface area contributed by atoms with E-state index in [2.05, 4.69) is 0 Å². The summed E-state index contributed by atoms with van der Waals surface area (Å²) in [7, 11) is -0.839. The molecule has 0 saturated carbocycles. The van der Waals surface area contributed by atoms with Crippen LogP contribution in [0.2, 0.25) is 0 Å². The van der Waals surface area contributed by atoms with Gasteiger partial charge in [-0.05, 0) is 6.92 Å². The molecule has 0 unspecified atom stereocenters. The zero-order chi connectivity index (χ0) is 22.1. The maximum Gasteiger partial charge on any atom is 0.332 e. The first kappa shape index (κ1) is 23.3. The van der Waals surface area contributed by atoms with Crippen LogP contribution < -0.4 is 17.0 Å². The summed E-state index contributed by atoms with van der Waals surface area (Å²) in [6.45, 7) is 7.20. The quantitative estimate of drug-likeness (QED) is 0.518. The van der Waals surface area contributed by atoms with Gasteiger partial charge >= 0.3 is 5.69 Å². The highest BCUT2D eigenvalue weighted by Crippen LogP contribution is 2.16. The molecule has 12 heteroatoms. The van der Waals surface area contributed by atoms with Gasteiger partial charge in [-0.1, -0.05) is 13.8 Å². The van der Waals surface area contributed by atoms with E-state index in [1.165, 1.54) is 22.7 Å². The number of hydrogen-bond donors (Lipinski definition) is 1. The van der Waals surface area contributed by atoms with Gasteiger partial charge < -0.3 is 5.73 Å². The van der Waals surface area contributed by atoms with Gasteiger partial charge in [-0.3, -0.25) is 23.6 Å². The number of carbonyl (C=O) groups is 1. The Morgan fingerprint density at radius 3 is 2.07 bits per heavy atom. The summed E-state index contributed by atoms with van der Waals surface area (Å²) in [6, 6.07) is -0.680. The van der Waals surface area contributed by atoms with E-state index in [4.69, 9.17) is 5.73 Å². The number of Topliss-reactive ketones (excluding diaryl/α,β-unsaturated/α-hetero) is 1. The molecule has 11 nitrogen and oxygen atoms in total. The summed E-state index contributed by atoms with van der Waals surface area (Å²) in [5.74, 6) is -0.656. The Hall–Kier alpha value is -2.02. The Balaban J connectivity index is 2.21. The molecule has 0 bridgehead atoms. The Labute approximate surface area is 170 Å². The number of hydrogen-bond acceptors (Lipinski definition) is 7. The molecule has 164 valence electrons. The highest BCUT2D eigenvalue weighted by atomic mass is 32.2. The van der Waals surface area contributed by atoms with Crippen molar-refractivity contribution >= 4 is 21.8 Å². The van der Waals surface area contributed by atoms with Crippen molar-refractivity contribution in [3.8, 4) is 0 Å². The van der Waals surface area contributed by atoms with Crippen molar-refractivity contribution in [2.75, 3.05) is 45.0 Å². The maximum absolute atomic E-state index is 13.0. The van der Waals surface area contributed by atoms with E-state index in [-0.39, 0.29) is 24.5 Å². The summed E-state index contributed by atoms with van der Waals surface area (Å²) in [4.78, 5) is 39.2. The average Bonchev–Trinajstić information content (AvgIpc) is 2.71. The topological polar surface area (TPSA) is 131 Å². The molecule has 0 spiro atoms. The van der Waals surface area contributed by atoms with Gasteiger partial charge in [0.15, 0.2) is 5.78 Å². The molecule has 0 aromatic carbocycles. The van der Waals surface area contributed by atoms with E-state index in [1.807, 2.05) is 4.90 Å². The predicted molar refractivity (Wildman–Crippen MR) is 110 cm³/mol. The largest absolute Gasteiger partial charge is 0.384 e. The third kappa shape index (κ3) is 4.15. The van der Waals surface area contributed by atoms with Crippen LogP contribution in [-0.4, -0.2) is 82.2 Å². The average molecular weight is 431 g/mol. The Kier molecular flexibility index (Phi) is 7.04. The van der Waals surface area contributed by atoms with E-state index in [1.54, 1.807) is 20.8 Å². The first-order chi connectivity index (χ1) is 13.5. The summed E-state index contributed by atoms with van der Waals surface area (Å²) >= 11 is 0. The van der Waals surface area contributed by atoms with Gasteiger partial charge in [0.1, 0.15) is 11.4 Å². The Bertz CT molecular complexity index is 987. The second kappa shape index (κ2) is 8.78. The fourth-order valence-corrected chi connectivity index (χ4v) is 5.10. The first-order valence-electron chi connectivity index (χ1n) is 9.57. The molecule has 1 fully saturated rings. The van der Waals surface area contributed by atoms with Crippen molar-refractivity contribution in [2.45, 2.75) is 26.8 Å². The summed E-state index contributed by atoms with van der Waals surface area (Å²) in [6.07, 6.45) is 0. The third-order valence-electron chi connectivity index (χ3n) is 5.51. The van der Waals surface area contributed by atoms with Gasteiger partial charge in [-0.2, -0.15) is 17.0 Å². The van der Waals surface area contributed by atoms with E-state index in [0.717, 1.165) is 9.13 Å². The minimum absolute atomic E-state index is 0.169. The third-order valence-corrected chi connectivity index (χ3v) is 7.70. The lowest BCUT2D eigenvalue weighted by Crippen LogP contribution is -2.56. The summed E-state index contributed by atoms with van der Waals surface area (Å²) in [5, 5.41) is 0. The standard InChI is InChI=1S/C17H30N6O5S/c1-6-22(7-2)29(27,28)23-10-8-21(9-11-23)12(3)14(24)13-15(18)19(4)17(26)20(5)16(13)25/h12H,6-11,18H2,1-5H3/t12-/m1/s1. The second-order valence-corrected chi connectivity index (χ2v) is 8.96. The fourth-order valence-electron chi connectivity index (χ4n) is 3.50. The molecule has 1 aliphatic heterocycles. The molecular formula is C17H30N6O5S. The molecule has 2 N–H and O–H groups in total. The fraction of sp³-hybridized carbons (Fsp3) is 0.706. The van der Waals surface area contributed by atoms with Gasteiger partial charge in [-0.25, -0.2) is 4.79 Å². The molecule has 0 aliphatic carbocycles. The minimum Gasteiger partial charge on any atom is -0.384 e. The van der Waals surface area contributed by atoms with E-state index < -0.39 is 33.3 Å². The first-order valence-corrected chi connectivity index (χ1v) is 11.0. The zero-order valence-corrected chi connectivity index (χ0v) is 18.4. The summed E-state index contributed by atoms with van der Waals surface area (Å²) in [5.41, 5.74) is 4.32. The van der Waals surface area contributed by atoms with Crippen LogP contribution in [0, 0.1) is 0 Å². The molecule has 29 heavy (non-hydrogen) atoms. The lowest BCUT2D eigenvalue weighted by atomic mass is 10.1. The van der Waals surface area contributed by atoms with Crippen molar-refractivity contribution in [3.63, 3.8) is 0 Å². The number of anilines is 1. The number of nitrogen functional groups attached to an aromatic ring is 1. The molecule has 1 aromatic heterocycles. The van der Waals surface area contributed by atoms with E-state index in [0.29, 0.717) is 26.2 Å². The van der Waals surface area contributed by atoms with Crippen molar-refractivity contribution in [2.24, 2.45) is 14.1 Å².